The monoisotopic (exact) mass is 734 g/mol. The van der Waals surface area contributed by atoms with Gasteiger partial charge in [-0.3, -0.25) is 19.2 Å². The van der Waals surface area contributed by atoms with Crippen LogP contribution >= 0.6 is 11.8 Å². The average Bonchev–Trinajstić information content (AvgIpc) is 3.79. The summed E-state index contributed by atoms with van der Waals surface area (Å²) in [5, 5.41) is 4.44. The number of amides is 2. The van der Waals surface area contributed by atoms with Crippen molar-refractivity contribution in [3.63, 3.8) is 0 Å². The maximum atomic E-state index is 13.1. The zero-order valence-corrected chi connectivity index (χ0v) is 32.2. The number of H-pyrrole nitrogens is 2. The van der Waals surface area contributed by atoms with E-state index < -0.39 is 0 Å². The Kier molecular flexibility index (Phi) is 12.4. The van der Waals surface area contributed by atoms with E-state index >= 15 is 0 Å². The van der Waals surface area contributed by atoms with E-state index in [2.05, 4.69) is 58.0 Å². The minimum atomic E-state index is -0.332. The second-order valence-corrected chi connectivity index (χ2v) is 14.3. The number of thioether (sulfide) groups is 1. The molecule has 0 fully saturated rings. The van der Waals surface area contributed by atoms with Crippen molar-refractivity contribution < 1.29 is 28.7 Å². The summed E-state index contributed by atoms with van der Waals surface area (Å²) in [5.41, 5.74) is 10.5. The number of ether oxygens (including phenoxy) is 2. The van der Waals surface area contributed by atoms with E-state index in [4.69, 9.17) is 9.47 Å². The summed E-state index contributed by atoms with van der Waals surface area (Å²) in [6.07, 6.45) is 9.14. The molecule has 0 aliphatic carbocycles. The summed E-state index contributed by atoms with van der Waals surface area (Å²) < 4.78 is 9.90. The third-order valence-electron chi connectivity index (χ3n) is 9.82. The van der Waals surface area contributed by atoms with E-state index in [1.54, 1.807) is 24.8 Å². The predicted molar refractivity (Wildman–Crippen MR) is 210 cm³/mol. The van der Waals surface area contributed by atoms with Gasteiger partial charge in [0.1, 0.15) is 0 Å². The predicted octanol–water partition coefficient (Wildman–Crippen LogP) is 5.54. The number of carbonyl (C=O) groups excluding carboxylic acids is 4. The summed E-state index contributed by atoms with van der Waals surface area (Å²) in [5.74, 6) is -0.306. The van der Waals surface area contributed by atoms with Gasteiger partial charge in [-0.2, -0.15) is 0 Å². The zero-order chi connectivity index (χ0) is 38.4. The first-order valence-electron chi connectivity index (χ1n) is 17.5. The van der Waals surface area contributed by atoms with Gasteiger partial charge in [0.15, 0.2) is 0 Å². The van der Waals surface area contributed by atoms with Crippen LogP contribution in [-0.2, 0) is 41.5 Å². The number of rotatable bonds is 14. The maximum absolute atomic E-state index is 13.1. The van der Waals surface area contributed by atoms with Crippen LogP contribution in [-0.4, -0.2) is 59.4 Å². The summed E-state index contributed by atoms with van der Waals surface area (Å²) in [4.78, 5) is 62.7. The Morgan fingerprint density at radius 1 is 0.792 bits per heavy atom. The number of aromatic nitrogens is 2. The molecule has 2 aromatic heterocycles. The second-order valence-electron chi connectivity index (χ2n) is 13.1. The zero-order valence-electron chi connectivity index (χ0n) is 31.4. The van der Waals surface area contributed by atoms with E-state index in [9.17, 15) is 19.2 Å². The summed E-state index contributed by atoms with van der Waals surface area (Å²) >= 11 is 1.71. The minimum absolute atomic E-state index is 0.169. The lowest BCUT2D eigenvalue weighted by atomic mass is 10.0. The molecule has 276 valence electrons. The van der Waals surface area contributed by atoms with Gasteiger partial charge < -0.3 is 24.8 Å². The normalized spacial score (nSPS) is 15.9. The molecule has 0 saturated carbocycles. The van der Waals surface area contributed by atoms with Crippen LogP contribution in [0.1, 0.15) is 72.3 Å². The standard InChI is InChI=1S/C42H46N4O6S/c1-9-29-27(6)41(49)46-36(29)21-34-25(4)31(15-17-40(48)52-8)38(44-34)22-37-30(14-16-39(47)51-7)24(3)33(43-37)20-35-26(5)32(42(50)45-35)18-19-53-28-12-10-23(2)11-13-28/h9-13,20-22,43-44H,1,14-19H2,2-8H3,(H,46,49)/b33-20?,36-21-,37-22?. The third-order valence-corrected chi connectivity index (χ3v) is 10.8. The van der Waals surface area contributed by atoms with Crippen molar-refractivity contribution in [2.24, 2.45) is 4.99 Å². The van der Waals surface area contributed by atoms with Crippen LogP contribution in [0.5, 0.6) is 0 Å². The Hall–Kier alpha value is -5.42. The summed E-state index contributed by atoms with van der Waals surface area (Å²) in [7, 11) is 2.73. The van der Waals surface area contributed by atoms with Crippen LogP contribution in [0.15, 0.2) is 74.8 Å². The van der Waals surface area contributed by atoms with Crippen LogP contribution in [0, 0.1) is 20.8 Å². The molecule has 0 saturated heterocycles. The SMILES string of the molecule is C=CC1=C(C)C(=O)N/C1=C\c1[nH]c(C=c2[nH]c(=CC3=NC(=O)C(CCSc4ccc(C)cc4)=C3C)c(C)c2CCC(=O)OC)c(CCC(=O)OC)c1C. The fourth-order valence-corrected chi connectivity index (χ4v) is 7.39. The highest BCUT2D eigenvalue weighted by molar-refractivity contribution is 7.99. The molecule has 0 bridgehead atoms. The molecule has 4 heterocycles. The van der Waals surface area contributed by atoms with Gasteiger partial charge in [0.2, 0.25) is 0 Å². The third kappa shape index (κ3) is 8.80. The number of carbonyl (C=O) groups is 4. The van der Waals surface area contributed by atoms with Crippen molar-refractivity contribution in [3.05, 3.63) is 115 Å². The van der Waals surface area contributed by atoms with Crippen molar-refractivity contribution in [1.29, 1.82) is 0 Å². The first-order chi connectivity index (χ1) is 25.3. The van der Waals surface area contributed by atoms with Gasteiger partial charge in [-0.15, -0.1) is 11.8 Å². The van der Waals surface area contributed by atoms with Gasteiger partial charge in [0, 0.05) is 62.3 Å². The molecule has 11 heteroatoms. The van der Waals surface area contributed by atoms with Crippen molar-refractivity contribution in [1.82, 2.24) is 15.3 Å². The van der Waals surface area contributed by atoms with Crippen LogP contribution in [0.3, 0.4) is 0 Å². The van der Waals surface area contributed by atoms with Crippen molar-refractivity contribution in [3.8, 4) is 0 Å². The molecule has 3 aromatic rings. The first kappa shape index (κ1) is 38.8. The number of hydrogen-bond acceptors (Lipinski definition) is 7. The van der Waals surface area contributed by atoms with Crippen molar-refractivity contribution >= 4 is 59.5 Å². The van der Waals surface area contributed by atoms with E-state index in [-0.39, 0.29) is 36.6 Å². The lowest BCUT2D eigenvalue weighted by molar-refractivity contribution is -0.141. The number of benzene rings is 1. The molecule has 10 nitrogen and oxygen atoms in total. The number of nitrogens with zero attached hydrogens (tertiary/aromatic N) is 1. The Balaban J connectivity index is 1.56. The minimum Gasteiger partial charge on any atom is -0.469 e. The number of esters is 2. The first-order valence-corrected chi connectivity index (χ1v) is 18.5. The Labute approximate surface area is 313 Å². The average molecular weight is 735 g/mol. The molecule has 2 amide bonds. The highest BCUT2D eigenvalue weighted by Crippen LogP contribution is 2.28. The van der Waals surface area contributed by atoms with E-state index in [0.29, 0.717) is 41.8 Å². The topological polar surface area (TPSA) is 143 Å². The molecule has 0 unspecified atom stereocenters. The van der Waals surface area contributed by atoms with Gasteiger partial charge >= 0.3 is 11.9 Å². The van der Waals surface area contributed by atoms with Gasteiger partial charge in [-0.1, -0.05) is 30.4 Å². The van der Waals surface area contributed by atoms with Crippen LogP contribution in [0.25, 0.3) is 18.2 Å². The molecule has 1 aromatic carbocycles. The molecule has 5 rings (SSSR count). The van der Waals surface area contributed by atoms with Crippen LogP contribution in [0.4, 0.5) is 0 Å². The highest BCUT2D eigenvalue weighted by atomic mass is 32.2. The number of aliphatic imine (C=N–C) groups is 1. The number of methoxy groups -OCH3 is 2. The Morgan fingerprint density at radius 2 is 1.45 bits per heavy atom. The molecule has 2 aliphatic heterocycles. The molecular weight excluding hydrogens is 689 g/mol. The van der Waals surface area contributed by atoms with Gasteiger partial charge in [0.05, 0.1) is 25.6 Å². The highest BCUT2D eigenvalue weighted by Gasteiger charge is 2.24. The fraction of sp³-hybridized carbons (Fsp3) is 0.310. The molecule has 53 heavy (non-hydrogen) atoms. The largest absolute Gasteiger partial charge is 0.469 e. The van der Waals surface area contributed by atoms with Gasteiger partial charge in [-0.05, 0) is 112 Å². The van der Waals surface area contributed by atoms with Gasteiger partial charge in [-0.25, -0.2) is 4.99 Å². The van der Waals surface area contributed by atoms with Crippen molar-refractivity contribution in [2.75, 3.05) is 20.0 Å². The second kappa shape index (κ2) is 16.9. The number of allylic oxidation sites excluding steroid dienone is 2. The Bertz CT molecular complexity index is 2250. The van der Waals surface area contributed by atoms with Crippen LogP contribution in [0.2, 0.25) is 0 Å². The smallest absolute Gasteiger partial charge is 0.305 e. The molecule has 0 radical (unpaired) electrons. The molecular formula is C42H46N4O6S. The molecule has 0 spiro atoms. The Morgan fingerprint density at radius 3 is 2.09 bits per heavy atom. The number of nitrogens with one attached hydrogen (secondary N) is 3. The number of hydrogen-bond donors (Lipinski definition) is 3. The lowest BCUT2D eigenvalue weighted by Crippen LogP contribution is -2.15. The summed E-state index contributed by atoms with van der Waals surface area (Å²) in [6, 6.07) is 8.35. The van der Waals surface area contributed by atoms with E-state index in [0.717, 1.165) is 66.1 Å². The van der Waals surface area contributed by atoms with Crippen molar-refractivity contribution in [2.45, 2.75) is 71.6 Å². The molecule has 0 atom stereocenters. The summed E-state index contributed by atoms with van der Waals surface area (Å²) in [6.45, 7) is 13.6. The van der Waals surface area contributed by atoms with E-state index in [1.807, 2.05) is 39.0 Å². The van der Waals surface area contributed by atoms with E-state index in [1.165, 1.54) is 19.8 Å². The lowest BCUT2D eigenvalue weighted by Gasteiger charge is -2.04. The fourth-order valence-electron chi connectivity index (χ4n) is 6.52. The molecule has 3 N–H and O–H groups in total. The molecule has 2 aliphatic rings. The van der Waals surface area contributed by atoms with Gasteiger partial charge in [0.25, 0.3) is 11.8 Å². The quantitative estimate of drug-likeness (QED) is 0.146. The number of aromatic amines is 2. The van der Waals surface area contributed by atoms with Crippen LogP contribution < -0.4 is 16.0 Å². The number of aryl methyl sites for hydroxylation is 1. The maximum Gasteiger partial charge on any atom is 0.305 e.